The van der Waals surface area contributed by atoms with E-state index in [4.69, 9.17) is 23.2 Å². The molecule has 29 heavy (non-hydrogen) atoms. The van der Waals surface area contributed by atoms with E-state index in [-0.39, 0.29) is 5.91 Å². The lowest BCUT2D eigenvalue weighted by Gasteiger charge is -2.38. The third-order valence-corrected chi connectivity index (χ3v) is 7.79. The molecule has 2 saturated heterocycles. The van der Waals surface area contributed by atoms with Crippen LogP contribution in [0.2, 0.25) is 10.0 Å². The van der Waals surface area contributed by atoms with Crippen LogP contribution < -0.4 is 0 Å². The maximum atomic E-state index is 13.2. The van der Waals surface area contributed by atoms with E-state index >= 15 is 0 Å². The molecule has 0 bridgehead atoms. The van der Waals surface area contributed by atoms with Gasteiger partial charge in [0.05, 0.1) is 10.7 Å². The summed E-state index contributed by atoms with van der Waals surface area (Å²) in [5.41, 5.74) is 1.60. The highest BCUT2D eigenvalue weighted by Crippen LogP contribution is 2.35. The number of benzene rings is 1. The molecule has 1 amide bonds. The van der Waals surface area contributed by atoms with Crippen LogP contribution >= 0.6 is 34.5 Å². The van der Waals surface area contributed by atoms with Crippen LogP contribution in [0.1, 0.15) is 53.9 Å². The highest BCUT2D eigenvalue weighted by Gasteiger charge is 2.29. The van der Waals surface area contributed by atoms with Crippen LogP contribution in [0, 0.1) is 6.92 Å². The molecule has 2 aliphatic rings. The number of hydrogen-bond donors (Lipinski definition) is 0. The van der Waals surface area contributed by atoms with Crippen molar-refractivity contribution in [3.05, 3.63) is 38.8 Å². The first kappa shape index (κ1) is 21.1. The van der Waals surface area contributed by atoms with Crippen molar-refractivity contribution in [1.29, 1.82) is 0 Å². The van der Waals surface area contributed by atoms with Gasteiger partial charge < -0.3 is 9.80 Å². The number of aryl methyl sites for hydroxylation is 1. The molecule has 7 heteroatoms. The fraction of sp³-hybridized carbons (Fsp3) is 0.545. The molecule has 0 aliphatic carbocycles. The Labute approximate surface area is 186 Å². The number of halogens is 2. The first-order valence-electron chi connectivity index (χ1n) is 10.5. The van der Waals surface area contributed by atoms with Gasteiger partial charge in [0.15, 0.2) is 0 Å². The molecule has 0 radical (unpaired) electrons. The summed E-state index contributed by atoms with van der Waals surface area (Å²) in [6, 6.07) is 6.01. The largest absolute Gasteiger partial charge is 0.338 e. The second kappa shape index (κ2) is 9.34. The molecule has 156 valence electrons. The number of amides is 1. The predicted octanol–water partition coefficient (Wildman–Crippen LogP) is 5.91. The molecule has 1 aromatic carbocycles. The minimum Gasteiger partial charge on any atom is -0.338 e. The number of rotatable bonds is 3. The average Bonchev–Trinajstić information content (AvgIpc) is 2.92. The zero-order chi connectivity index (χ0) is 20.4. The van der Waals surface area contributed by atoms with Gasteiger partial charge >= 0.3 is 0 Å². The fourth-order valence-electron chi connectivity index (χ4n) is 4.41. The highest BCUT2D eigenvalue weighted by atomic mass is 35.5. The van der Waals surface area contributed by atoms with Gasteiger partial charge in [-0.25, -0.2) is 4.98 Å². The molecular weight excluding hydrogens is 425 g/mol. The van der Waals surface area contributed by atoms with Gasteiger partial charge in [-0.05, 0) is 63.9 Å². The van der Waals surface area contributed by atoms with E-state index in [1.54, 1.807) is 12.1 Å². The van der Waals surface area contributed by atoms with Gasteiger partial charge in [-0.15, -0.1) is 11.3 Å². The smallest absolute Gasteiger partial charge is 0.265 e. The van der Waals surface area contributed by atoms with E-state index in [1.165, 1.54) is 50.1 Å². The monoisotopic (exact) mass is 451 g/mol. The van der Waals surface area contributed by atoms with Crippen molar-refractivity contribution >= 4 is 40.4 Å². The molecule has 2 fully saturated rings. The zero-order valence-corrected chi connectivity index (χ0v) is 19.1. The molecule has 4 nitrogen and oxygen atoms in total. The van der Waals surface area contributed by atoms with E-state index in [2.05, 4.69) is 9.88 Å². The van der Waals surface area contributed by atoms with Crippen LogP contribution in [0.5, 0.6) is 0 Å². The molecule has 2 aliphatic heterocycles. The topological polar surface area (TPSA) is 36.4 Å². The lowest BCUT2D eigenvalue weighted by Crippen LogP contribution is -2.47. The van der Waals surface area contributed by atoms with Crippen LogP contribution in [0.4, 0.5) is 0 Å². The number of piperidine rings is 1. The van der Waals surface area contributed by atoms with Crippen LogP contribution in [-0.2, 0) is 0 Å². The van der Waals surface area contributed by atoms with Crippen LogP contribution in [0.25, 0.3) is 10.6 Å². The number of aromatic nitrogens is 1. The molecule has 0 unspecified atom stereocenters. The Balaban J connectivity index is 1.43. The van der Waals surface area contributed by atoms with Crippen molar-refractivity contribution in [1.82, 2.24) is 14.8 Å². The molecule has 0 spiro atoms. The molecule has 3 heterocycles. The normalized spacial score (nSPS) is 19.3. The molecular formula is C22H27Cl2N3OS. The predicted molar refractivity (Wildman–Crippen MR) is 121 cm³/mol. The summed E-state index contributed by atoms with van der Waals surface area (Å²) in [4.78, 5) is 23.2. The van der Waals surface area contributed by atoms with E-state index in [1.807, 2.05) is 17.9 Å². The van der Waals surface area contributed by atoms with Gasteiger partial charge in [0.1, 0.15) is 9.88 Å². The Morgan fingerprint density at radius 2 is 1.76 bits per heavy atom. The second-order valence-corrected chi connectivity index (χ2v) is 9.87. The minimum absolute atomic E-state index is 0.102. The fourth-order valence-corrected chi connectivity index (χ4v) is 6.04. The van der Waals surface area contributed by atoms with Crippen molar-refractivity contribution < 1.29 is 4.79 Å². The van der Waals surface area contributed by atoms with Crippen molar-refractivity contribution in [2.75, 3.05) is 26.2 Å². The quantitative estimate of drug-likeness (QED) is 0.581. The molecule has 0 saturated carbocycles. The third-order valence-electron chi connectivity index (χ3n) is 6.06. The van der Waals surface area contributed by atoms with Crippen molar-refractivity contribution in [3.63, 3.8) is 0 Å². The Kier molecular flexibility index (Phi) is 6.80. The minimum atomic E-state index is 0.102. The summed E-state index contributed by atoms with van der Waals surface area (Å²) < 4.78 is 0. The third kappa shape index (κ3) is 4.79. The summed E-state index contributed by atoms with van der Waals surface area (Å²) in [7, 11) is 0. The van der Waals surface area contributed by atoms with Gasteiger partial charge in [-0.2, -0.15) is 0 Å². The average molecular weight is 452 g/mol. The summed E-state index contributed by atoms with van der Waals surface area (Å²) in [6.07, 6.45) is 7.49. The van der Waals surface area contributed by atoms with Crippen LogP contribution in [-0.4, -0.2) is 52.9 Å². The summed E-state index contributed by atoms with van der Waals surface area (Å²) in [5.74, 6) is 0.102. The number of nitrogens with zero attached hydrogens (tertiary/aromatic N) is 3. The first-order valence-corrected chi connectivity index (χ1v) is 12.1. The SMILES string of the molecule is Cc1nc(-c2ccc(Cl)cc2Cl)sc1C(=O)N1CCC(N2CCCCCC2)CC1. The Morgan fingerprint density at radius 1 is 1.07 bits per heavy atom. The molecule has 4 rings (SSSR count). The lowest BCUT2D eigenvalue weighted by atomic mass is 10.0. The van der Waals surface area contributed by atoms with Crippen molar-refractivity contribution in [3.8, 4) is 10.6 Å². The van der Waals surface area contributed by atoms with Crippen molar-refractivity contribution in [2.24, 2.45) is 0 Å². The van der Waals surface area contributed by atoms with Gasteiger partial charge in [-0.1, -0.05) is 36.0 Å². The maximum absolute atomic E-state index is 13.2. The number of carbonyl (C=O) groups excluding carboxylic acids is 1. The van der Waals surface area contributed by atoms with E-state index < -0.39 is 0 Å². The zero-order valence-electron chi connectivity index (χ0n) is 16.8. The number of likely N-dealkylation sites (tertiary alicyclic amines) is 2. The Hall–Kier alpha value is -1.14. The Bertz CT molecular complexity index is 869. The second-order valence-electron chi connectivity index (χ2n) is 8.03. The van der Waals surface area contributed by atoms with Crippen molar-refractivity contribution in [2.45, 2.75) is 51.5 Å². The molecule has 0 N–H and O–H groups in total. The van der Waals surface area contributed by atoms with E-state index in [9.17, 15) is 4.79 Å². The molecule has 0 atom stereocenters. The van der Waals surface area contributed by atoms with Crippen LogP contribution in [0.15, 0.2) is 18.2 Å². The van der Waals surface area contributed by atoms with E-state index in [0.717, 1.165) is 47.1 Å². The summed E-state index contributed by atoms with van der Waals surface area (Å²) in [5, 5.41) is 1.92. The maximum Gasteiger partial charge on any atom is 0.265 e. The number of thiazole rings is 1. The highest BCUT2D eigenvalue weighted by molar-refractivity contribution is 7.17. The molecule has 2 aromatic rings. The molecule has 1 aromatic heterocycles. The van der Waals surface area contributed by atoms with Gasteiger partial charge in [0, 0.05) is 29.7 Å². The number of hydrogen-bond acceptors (Lipinski definition) is 4. The lowest BCUT2D eigenvalue weighted by molar-refractivity contribution is 0.0626. The summed E-state index contributed by atoms with van der Waals surface area (Å²) in [6.45, 7) is 6.00. The standard InChI is InChI=1S/C22H27Cl2N3OS/c1-15-20(29-21(25-15)18-7-6-16(23)14-19(18)24)22(28)27-12-8-17(9-13-27)26-10-4-2-3-5-11-26/h6-7,14,17H,2-5,8-13H2,1H3. The number of carbonyl (C=O) groups is 1. The van der Waals surface area contributed by atoms with Gasteiger partial charge in [-0.3, -0.25) is 4.79 Å². The van der Waals surface area contributed by atoms with Crippen LogP contribution in [0.3, 0.4) is 0 Å². The van der Waals surface area contributed by atoms with E-state index in [0.29, 0.717) is 16.1 Å². The first-order chi connectivity index (χ1) is 14.0. The summed E-state index contributed by atoms with van der Waals surface area (Å²) >= 11 is 13.8. The van der Waals surface area contributed by atoms with Gasteiger partial charge in [0.25, 0.3) is 5.91 Å². The Morgan fingerprint density at radius 3 is 2.41 bits per heavy atom. The van der Waals surface area contributed by atoms with Gasteiger partial charge in [0.2, 0.25) is 0 Å².